The summed E-state index contributed by atoms with van der Waals surface area (Å²) in [5.41, 5.74) is 0.107. The van der Waals surface area contributed by atoms with E-state index in [0.717, 1.165) is 0 Å². The first kappa shape index (κ1) is 5.51. The van der Waals surface area contributed by atoms with Gasteiger partial charge in [0, 0.05) is 8.30 Å². The summed E-state index contributed by atoms with van der Waals surface area (Å²) in [5, 5.41) is 2.21. The highest BCUT2D eigenvalue weighted by Crippen LogP contribution is 2.32. The predicted octanol–water partition coefficient (Wildman–Crippen LogP) is 1.21. The van der Waals surface area contributed by atoms with Crippen LogP contribution in [0.5, 0.6) is 11.5 Å². The lowest BCUT2D eigenvalue weighted by Gasteiger charge is -2.09. The maximum atomic E-state index is 12.2. The van der Waals surface area contributed by atoms with E-state index in [9.17, 15) is 4.79 Å². The van der Waals surface area contributed by atoms with Crippen LogP contribution < -0.4 is 14.8 Å². The molecule has 1 aliphatic rings. The van der Waals surface area contributed by atoms with E-state index >= 15 is 0 Å². The van der Waals surface area contributed by atoms with Gasteiger partial charge in [0.15, 0.2) is 17.3 Å². The maximum Gasteiger partial charge on any atom is 0.231 e. The van der Waals surface area contributed by atoms with E-state index in [1.807, 2.05) is 0 Å². The average molecular weight is 212 g/mol. The summed E-state index contributed by atoms with van der Waals surface area (Å²) in [4.78, 5) is 12.2. The van der Waals surface area contributed by atoms with Gasteiger partial charge in [0.2, 0.25) is 6.75 Å². The highest BCUT2D eigenvalue weighted by Gasteiger charge is 2.18. The zero-order chi connectivity index (χ0) is 15.1. The van der Waals surface area contributed by atoms with Crippen LogP contribution in [0.3, 0.4) is 0 Å². The Balaban J connectivity index is 2.26. The summed E-state index contributed by atoms with van der Waals surface area (Å²) in [6.45, 7) is -2.54. The maximum absolute atomic E-state index is 12.2. The first-order chi connectivity index (χ1) is 9.11. The molecule has 15 heavy (non-hydrogen) atoms. The van der Waals surface area contributed by atoms with Crippen molar-refractivity contribution in [3.8, 4) is 11.5 Å². The fraction of sp³-hybridized carbons (Fsp3) is 0.364. The van der Waals surface area contributed by atoms with Crippen LogP contribution in [0.2, 0.25) is 0 Å². The molecule has 1 aromatic carbocycles. The number of benzene rings is 1. The summed E-state index contributed by atoms with van der Waals surface area (Å²) in [6.07, 6.45) is 0. The van der Waals surface area contributed by atoms with Crippen molar-refractivity contribution < 1.29 is 21.1 Å². The van der Waals surface area contributed by atoms with Gasteiger partial charge in [-0.2, -0.15) is 0 Å². The highest BCUT2D eigenvalue weighted by atomic mass is 16.7. The first-order valence-corrected chi connectivity index (χ1v) is 4.30. The Labute approximate surface area is 95.2 Å². The topological polar surface area (TPSA) is 47.6 Å². The number of rotatable bonds is 3. The SMILES string of the molecule is [2H]C([2H])NC([2H])(C)C(=O)c1ccc2c(c1)OC([2H])([2H])O2. The zero-order valence-electron chi connectivity index (χ0n) is 13.0. The number of likely N-dealkylation sites (N-methyl/N-ethyl adjacent to an activating group) is 1. The van der Waals surface area contributed by atoms with Crippen molar-refractivity contribution in [2.24, 2.45) is 0 Å². The Morgan fingerprint density at radius 2 is 2.47 bits per heavy atom. The summed E-state index contributed by atoms with van der Waals surface area (Å²) in [7, 11) is 0. The standard InChI is InChI=1S/C11H13NO3/c1-7(12-2)11(13)8-3-4-9-10(5-8)15-6-14-9/h3-5,7,12H,6H2,1-2H3/i2D2,6D2,7D. The molecule has 0 fully saturated rings. The quantitative estimate of drug-likeness (QED) is 0.765. The van der Waals surface area contributed by atoms with Crippen LogP contribution in [0.1, 0.15) is 24.1 Å². The second-order valence-electron chi connectivity index (χ2n) is 3.05. The molecule has 4 nitrogen and oxygen atoms in total. The molecule has 1 aromatic rings. The largest absolute Gasteiger partial charge is 0.454 e. The second-order valence-corrected chi connectivity index (χ2v) is 3.05. The Morgan fingerprint density at radius 1 is 1.67 bits per heavy atom. The second kappa shape index (κ2) is 3.90. The minimum atomic E-state index is -2.28. The van der Waals surface area contributed by atoms with Gasteiger partial charge in [0.25, 0.3) is 0 Å². The number of ether oxygens (including phenoxy) is 2. The number of hydrogen-bond donors (Lipinski definition) is 1. The molecule has 0 aromatic heterocycles. The molecule has 0 bridgehead atoms. The van der Waals surface area contributed by atoms with Crippen LogP contribution in [0.4, 0.5) is 0 Å². The van der Waals surface area contributed by atoms with Gasteiger partial charge in [0.1, 0.15) is 2.74 Å². The van der Waals surface area contributed by atoms with Crippen molar-refractivity contribution in [3.05, 3.63) is 23.8 Å². The van der Waals surface area contributed by atoms with Gasteiger partial charge in [-0.25, -0.2) is 0 Å². The van der Waals surface area contributed by atoms with Crippen molar-refractivity contribution in [2.45, 2.75) is 12.9 Å². The van der Waals surface area contributed by atoms with Crippen LogP contribution in [0, 0.1) is 0 Å². The van der Waals surface area contributed by atoms with Crippen LogP contribution in [0.15, 0.2) is 18.2 Å². The smallest absolute Gasteiger partial charge is 0.231 e. The number of fused-ring (bicyclic) bond motifs is 1. The van der Waals surface area contributed by atoms with Gasteiger partial charge in [-0.15, -0.1) is 0 Å². The van der Waals surface area contributed by atoms with E-state index in [4.69, 9.17) is 16.3 Å². The van der Waals surface area contributed by atoms with Crippen molar-refractivity contribution in [1.82, 2.24) is 5.32 Å². The lowest BCUT2D eigenvalue weighted by molar-refractivity contribution is 0.0954. The summed E-state index contributed by atoms with van der Waals surface area (Å²) < 4.78 is 46.3. The van der Waals surface area contributed by atoms with Crippen molar-refractivity contribution in [3.63, 3.8) is 0 Å². The minimum Gasteiger partial charge on any atom is -0.454 e. The van der Waals surface area contributed by atoms with Crippen LogP contribution in [-0.4, -0.2) is 25.5 Å². The molecule has 4 heteroatoms. The molecule has 80 valence electrons. The number of carbonyl (C=O) groups is 1. The third-order valence-corrected chi connectivity index (χ3v) is 2.07. The van der Waals surface area contributed by atoms with Crippen molar-refractivity contribution in [1.29, 1.82) is 0 Å². The van der Waals surface area contributed by atoms with Gasteiger partial charge in [0.05, 0.1) is 7.39 Å². The van der Waals surface area contributed by atoms with E-state index in [1.165, 1.54) is 25.1 Å². The van der Waals surface area contributed by atoms with Crippen LogP contribution >= 0.6 is 0 Å². The summed E-state index contributed by atoms with van der Waals surface area (Å²) in [5.74, 6) is -0.407. The molecule has 1 aliphatic heterocycles. The molecular formula is C11H13NO3. The van der Waals surface area contributed by atoms with E-state index in [1.54, 1.807) is 0 Å². The lowest BCUT2D eigenvalue weighted by atomic mass is 10.1. The molecule has 1 atom stereocenters. The number of carbonyl (C=O) groups excluding carboxylic acids is 1. The van der Waals surface area contributed by atoms with Gasteiger partial charge in [-0.3, -0.25) is 4.79 Å². The van der Waals surface area contributed by atoms with Crippen molar-refractivity contribution >= 4 is 5.78 Å². The zero-order valence-corrected chi connectivity index (χ0v) is 8.03. The van der Waals surface area contributed by atoms with E-state index in [2.05, 4.69) is 5.32 Å². The summed E-state index contributed by atoms with van der Waals surface area (Å²) >= 11 is 0. The Hall–Kier alpha value is -1.55. The Kier molecular flexibility index (Phi) is 1.43. The van der Waals surface area contributed by atoms with Gasteiger partial charge < -0.3 is 14.8 Å². The molecule has 0 amide bonds. The minimum absolute atomic E-state index is 0.0740. The molecule has 1 N–H and O–H groups in total. The van der Waals surface area contributed by atoms with Crippen molar-refractivity contribution in [2.75, 3.05) is 13.7 Å². The number of nitrogens with one attached hydrogen (secondary N) is 1. The van der Waals surface area contributed by atoms with Crippen LogP contribution in [-0.2, 0) is 0 Å². The molecule has 0 radical (unpaired) electrons. The Bertz CT molecular complexity index is 547. The molecule has 2 rings (SSSR count). The van der Waals surface area contributed by atoms with E-state index < -0.39 is 25.5 Å². The monoisotopic (exact) mass is 212 g/mol. The summed E-state index contributed by atoms with van der Waals surface area (Å²) in [6, 6.07) is 2.20. The molecule has 1 unspecified atom stereocenters. The fourth-order valence-corrected chi connectivity index (χ4v) is 1.21. The number of ketones is 1. The van der Waals surface area contributed by atoms with Crippen LogP contribution in [0.25, 0.3) is 0 Å². The molecular weight excluding hydrogens is 194 g/mol. The van der Waals surface area contributed by atoms with Gasteiger partial charge >= 0.3 is 0 Å². The molecule has 0 aliphatic carbocycles. The van der Waals surface area contributed by atoms with E-state index in [0.29, 0.717) is 0 Å². The molecule has 0 spiro atoms. The number of hydrogen-bond acceptors (Lipinski definition) is 4. The lowest BCUT2D eigenvalue weighted by Crippen LogP contribution is -2.30. The first-order valence-electron chi connectivity index (χ1n) is 6.95. The molecule has 1 heterocycles. The molecule has 0 saturated carbocycles. The third kappa shape index (κ3) is 1.80. The van der Waals surface area contributed by atoms with E-state index in [-0.39, 0.29) is 17.1 Å². The highest BCUT2D eigenvalue weighted by molar-refractivity contribution is 6.00. The fourth-order valence-electron chi connectivity index (χ4n) is 1.21. The van der Waals surface area contributed by atoms with Gasteiger partial charge in [-0.1, -0.05) is 0 Å². The predicted molar refractivity (Wildman–Crippen MR) is 55.4 cm³/mol. The molecule has 0 saturated heterocycles. The normalized spacial score (nSPS) is 25.6. The Morgan fingerprint density at radius 3 is 3.27 bits per heavy atom. The third-order valence-electron chi connectivity index (χ3n) is 2.07. The number of Topliss-reactive ketones (excluding diaryl/α,β-unsaturated/α-hetero) is 1. The average Bonchev–Trinajstić information content (AvgIpc) is 2.58. The van der Waals surface area contributed by atoms with Gasteiger partial charge in [-0.05, 0) is 32.1 Å².